The Morgan fingerprint density at radius 2 is 1.78 bits per heavy atom. The van der Waals surface area contributed by atoms with Gasteiger partial charge in [0.1, 0.15) is 0 Å². The topological polar surface area (TPSA) is 12.0 Å². The van der Waals surface area contributed by atoms with Crippen LogP contribution in [-0.4, -0.2) is 13.1 Å². The third-order valence-electron chi connectivity index (χ3n) is 1.21. The van der Waals surface area contributed by atoms with E-state index < -0.39 is 0 Å². The van der Waals surface area contributed by atoms with Crippen molar-refractivity contribution in [3.8, 4) is 0 Å². The molecule has 0 heterocycles. The van der Waals surface area contributed by atoms with Gasteiger partial charge in [0, 0.05) is 6.04 Å². The lowest BCUT2D eigenvalue weighted by Crippen LogP contribution is -2.20. The van der Waals surface area contributed by atoms with E-state index in [0.29, 0.717) is 6.04 Å². The summed E-state index contributed by atoms with van der Waals surface area (Å²) in [5.74, 6) is 0. The molecule has 1 heteroatoms. The van der Waals surface area contributed by atoms with Crippen molar-refractivity contribution >= 4 is 0 Å². The van der Waals surface area contributed by atoms with Crippen LogP contribution in [0.1, 0.15) is 40.5 Å². The van der Waals surface area contributed by atoms with Gasteiger partial charge in [-0.25, -0.2) is 0 Å². The summed E-state index contributed by atoms with van der Waals surface area (Å²) < 4.78 is 0. The molecular formula is C8H21N. The Kier molecular flexibility index (Phi) is 14.1. The zero-order valence-corrected chi connectivity index (χ0v) is 7.49. The van der Waals surface area contributed by atoms with Gasteiger partial charge in [-0.3, -0.25) is 0 Å². The van der Waals surface area contributed by atoms with Crippen LogP contribution in [0.3, 0.4) is 0 Å². The van der Waals surface area contributed by atoms with E-state index in [4.69, 9.17) is 0 Å². The standard InChI is InChI=1S/C6H15N.C2H6/c1-4-5-6(2)7-3;1-2/h6-7H,4-5H2,1-3H3;1-2H3/t6-;/m0./s1. The lowest BCUT2D eigenvalue weighted by molar-refractivity contribution is 0.557. The largest absolute Gasteiger partial charge is 0.317 e. The minimum atomic E-state index is 0.699. The summed E-state index contributed by atoms with van der Waals surface area (Å²) in [6, 6.07) is 0.699. The lowest BCUT2D eigenvalue weighted by Gasteiger charge is -2.05. The molecule has 0 saturated carbocycles. The van der Waals surface area contributed by atoms with Gasteiger partial charge in [-0.1, -0.05) is 27.2 Å². The highest BCUT2D eigenvalue weighted by molar-refractivity contribution is 4.52. The average molecular weight is 131 g/mol. The molecule has 0 unspecified atom stereocenters. The Balaban J connectivity index is 0. The summed E-state index contributed by atoms with van der Waals surface area (Å²) >= 11 is 0. The second kappa shape index (κ2) is 10.9. The molecule has 0 aromatic heterocycles. The SMILES string of the molecule is CC.CCC[C@H](C)NC. The number of rotatable bonds is 3. The molecule has 58 valence electrons. The third-order valence-corrected chi connectivity index (χ3v) is 1.21. The molecule has 0 bridgehead atoms. The highest BCUT2D eigenvalue weighted by atomic mass is 14.8. The highest BCUT2D eigenvalue weighted by Crippen LogP contribution is 1.91. The molecule has 0 aliphatic carbocycles. The molecule has 0 aliphatic rings. The number of hydrogen-bond acceptors (Lipinski definition) is 1. The fourth-order valence-corrected chi connectivity index (χ4v) is 0.577. The van der Waals surface area contributed by atoms with Crippen LogP contribution in [0.4, 0.5) is 0 Å². The van der Waals surface area contributed by atoms with E-state index in [2.05, 4.69) is 19.2 Å². The Morgan fingerprint density at radius 1 is 1.33 bits per heavy atom. The molecule has 0 radical (unpaired) electrons. The van der Waals surface area contributed by atoms with Gasteiger partial charge >= 0.3 is 0 Å². The zero-order chi connectivity index (χ0) is 7.70. The van der Waals surface area contributed by atoms with Gasteiger partial charge in [0.05, 0.1) is 0 Å². The maximum absolute atomic E-state index is 3.17. The monoisotopic (exact) mass is 131 g/mol. The van der Waals surface area contributed by atoms with Gasteiger partial charge in [-0.15, -0.1) is 0 Å². The van der Waals surface area contributed by atoms with Crippen molar-refractivity contribution in [3.05, 3.63) is 0 Å². The predicted octanol–water partition coefficient (Wildman–Crippen LogP) is 2.42. The van der Waals surface area contributed by atoms with Crippen LogP contribution in [0.25, 0.3) is 0 Å². The van der Waals surface area contributed by atoms with Crippen LogP contribution in [0.5, 0.6) is 0 Å². The van der Waals surface area contributed by atoms with E-state index in [-0.39, 0.29) is 0 Å². The predicted molar refractivity (Wildman–Crippen MR) is 44.8 cm³/mol. The van der Waals surface area contributed by atoms with Gasteiger partial charge < -0.3 is 5.32 Å². The van der Waals surface area contributed by atoms with Gasteiger partial charge in [-0.2, -0.15) is 0 Å². The van der Waals surface area contributed by atoms with Crippen molar-refractivity contribution in [2.45, 2.75) is 46.6 Å². The molecule has 1 nitrogen and oxygen atoms in total. The molecule has 0 rings (SSSR count). The van der Waals surface area contributed by atoms with Gasteiger partial charge in [-0.05, 0) is 20.4 Å². The Bertz CT molecular complexity index is 35.5. The van der Waals surface area contributed by atoms with Crippen molar-refractivity contribution in [1.29, 1.82) is 0 Å². The molecule has 0 amide bonds. The Morgan fingerprint density at radius 3 is 1.89 bits per heavy atom. The van der Waals surface area contributed by atoms with Gasteiger partial charge in [0.25, 0.3) is 0 Å². The van der Waals surface area contributed by atoms with E-state index in [1.54, 1.807) is 0 Å². The van der Waals surface area contributed by atoms with Crippen LogP contribution in [0.2, 0.25) is 0 Å². The first kappa shape index (κ1) is 11.7. The molecule has 0 saturated heterocycles. The summed E-state index contributed by atoms with van der Waals surface area (Å²) in [5.41, 5.74) is 0. The van der Waals surface area contributed by atoms with Crippen molar-refractivity contribution in [1.82, 2.24) is 5.32 Å². The first-order valence-corrected chi connectivity index (χ1v) is 3.98. The minimum absolute atomic E-state index is 0.699. The van der Waals surface area contributed by atoms with Crippen LogP contribution in [-0.2, 0) is 0 Å². The van der Waals surface area contributed by atoms with Gasteiger partial charge in [0.15, 0.2) is 0 Å². The van der Waals surface area contributed by atoms with Crippen LogP contribution in [0, 0.1) is 0 Å². The summed E-state index contributed by atoms with van der Waals surface area (Å²) in [4.78, 5) is 0. The molecule has 0 spiro atoms. The molecule has 1 N–H and O–H groups in total. The second-order valence-corrected chi connectivity index (χ2v) is 1.98. The van der Waals surface area contributed by atoms with Gasteiger partial charge in [0.2, 0.25) is 0 Å². The molecule has 0 aromatic rings. The lowest BCUT2D eigenvalue weighted by atomic mass is 10.2. The maximum atomic E-state index is 3.17. The van der Waals surface area contributed by atoms with Crippen LogP contribution in [0.15, 0.2) is 0 Å². The van der Waals surface area contributed by atoms with E-state index in [1.165, 1.54) is 12.8 Å². The van der Waals surface area contributed by atoms with Crippen molar-refractivity contribution in [2.24, 2.45) is 0 Å². The van der Waals surface area contributed by atoms with Crippen molar-refractivity contribution < 1.29 is 0 Å². The molecule has 0 fully saturated rings. The van der Waals surface area contributed by atoms with E-state index >= 15 is 0 Å². The second-order valence-electron chi connectivity index (χ2n) is 1.98. The molecule has 9 heavy (non-hydrogen) atoms. The third kappa shape index (κ3) is 11.5. The summed E-state index contributed by atoms with van der Waals surface area (Å²) in [5, 5.41) is 3.17. The van der Waals surface area contributed by atoms with Crippen molar-refractivity contribution in [2.75, 3.05) is 7.05 Å². The van der Waals surface area contributed by atoms with E-state index in [0.717, 1.165) is 0 Å². The Hall–Kier alpha value is -0.0400. The zero-order valence-electron chi connectivity index (χ0n) is 7.49. The summed E-state index contributed by atoms with van der Waals surface area (Å²) in [6.45, 7) is 8.40. The fourth-order valence-electron chi connectivity index (χ4n) is 0.577. The molecular weight excluding hydrogens is 110 g/mol. The first-order chi connectivity index (χ1) is 4.31. The highest BCUT2D eigenvalue weighted by Gasteiger charge is 1.91. The van der Waals surface area contributed by atoms with E-state index in [1.807, 2.05) is 20.9 Å². The first-order valence-electron chi connectivity index (χ1n) is 3.98. The summed E-state index contributed by atoms with van der Waals surface area (Å²) in [7, 11) is 2.00. The fraction of sp³-hybridized carbons (Fsp3) is 1.00. The quantitative estimate of drug-likeness (QED) is 0.620. The minimum Gasteiger partial charge on any atom is -0.317 e. The van der Waals surface area contributed by atoms with Crippen molar-refractivity contribution in [3.63, 3.8) is 0 Å². The van der Waals surface area contributed by atoms with E-state index in [9.17, 15) is 0 Å². The summed E-state index contributed by atoms with van der Waals surface area (Å²) in [6.07, 6.45) is 2.57. The normalized spacial score (nSPS) is 11.7. The number of hydrogen-bond donors (Lipinski definition) is 1. The molecule has 0 aromatic carbocycles. The average Bonchev–Trinajstić information content (AvgIpc) is 1.93. The molecule has 0 aliphatic heterocycles. The smallest absolute Gasteiger partial charge is 0.00356 e. The maximum Gasteiger partial charge on any atom is 0.00356 e. The molecule has 1 atom stereocenters. The number of nitrogens with one attached hydrogen (secondary N) is 1. The Labute approximate surface area is 59.8 Å². The van der Waals surface area contributed by atoms with Crippen LogP contribution < -0.4 is 5.32 Å². The van der Waals surface area contributed by atoms with Crippen LogP contribution >= 0.6 is 0 Å².